The number of amides is 1. The van der Waals surface area contributed by atoms with Crippen molar-refractivity contribution in [2.75, 3.05) is 5.73 Å². The van der Waals surface area contributed by atoms with E-state index in [1.54, 1.807) is 0 Å². The molecule has 0 aliphatic heterocycles. The van der Waals surface area contributed by atoms with Crippen LogP contribution in [0.4, 0.5) is 5.13 Å². The highest BCUT2D eigenvalue weighted by Crippen LogP contribution is 2.28. The van der Waals surface area contributed by atoms with Gasteiger partial charge in [0.15, 0.2) is 11.0 Å². The monoisotopic (exact) mass is 292 g/mol. The molecule has 2 heterocycles. The molecule has 0 saturated heterocycles. The number of aromatic amines is 1. The molecule has 7 nitrogen and oxygen atoms in total. The minimum Gasteiger partial charge on any atom is -0.375 e. The van der Waals surface area contributed by atoms with E-state index in [4.69, 9.17) is 5.73 Å². The third-order valence-electron chi connectivity index (χ3n) is 3.28. The minimum atomic E-state index is -0.0464. The lowest BCUT2D eigenvalue weighted by molar-refractivity contribution is -0.121. The predicted molar refractivity (Wildman–Crippen MR) is 75.3 cm³/mol. The average Bonchev–Trinajstić information content (AvgIpc) is 2.93. The van der Waals surface area contributed by atoms with Gasteiger partial charge in [0.05, 0.1) is 12.1 Å². The van der Waals surface area contributed by atoms with Crippen LogP contribution in [-0.2, 0) is 24.1 Å². The molecule has 8 heteroatoms. The quantitative estimate of drug-likeness (QED) is 0.757. The molecule has 106 valence electrons. The van der Waals surface area contributed by atoms with Gasteiger partial charge in [-0.25, -0.2) is 9.97 Å². The van der Waals surface area contributed by atoms with E-state index in [2.05, 4.69) is 25.5 Å². The average molecular weight is 292 g/mol. The van der Waals surface area contributed by atoms with E-state index in [9.17, 15) is 4.79 Å². The maximum absolute atomic E-state index is 12.0. The molecular formula is C12H16N6OS. The highest BCUT2D eigenvalue weighted by molar-refractivity contribution is 7.15. The van der Waals surface area contributed by atoms with Gasteiger partial charge < -0.3 is 11.1 Å². The Morgan fingerprint density at radius 3 is 3.15 bits per heavy atom. The van der Waals surface area contributed by atoms with Crippen molar-refractivity contribution in [3.05, 3.63) is 22.2 Å². The summed E-state index contributed by atoms with van der Waals surface area (Å²) in [5, 5.41) is 10.3. The Hall–Kier alpha value is -1.96. The summed E-state index contributed by atoms with van der Waals surface area (Å²) in [4.78, 5) is 21.6. The summed E-state index contributed by atoms with van der Waals surface area (Å²) in [6.45, 7) is 1.81. The van der Waals surface area contributed by atoms with Crippen molar-refractivity contribution in [2.45, 2.75) is 38.6 Å². The highest BCUT2D eigenvalue weighted by atomic mass is 32.1. The molecule has 3 rings (SSSR count). The maximum atomic E-state index is 12.0. The van der Waals surface area contributed by atoms with Crippen LogP contribution in [0.3, 0.4) is 0 Å². The molecule has 4 N–H and O–H groups in total. The van der Waals surface area contributed by atoms with E-state index in [0.717, 1.165) is 30.8 Å². The van der Waals surface area contributed by atoms with Crippen molar-refractivity contribution < 1.29 is 4.79 Å². The number of nitrogens with zero attached hydrogens (tertiary/aromatic N) is 3. The molecule has 0 radical (unpaired) electrons. The second kappa shape index (κ2) is 5.20. The maximum Gasteiger partial charge on any atom is 0.227 e. The van der Waals surface area contributed by atoms with Crippen molar-refractivity contribution >= 4 is 22.4 Å². The minimum absolute atomic E-state index is 0.0464. The number of nitrogens with one attached hydrogen (secondary N) is 2. The number of aromatic nitrogens is 4. The zero-order chi connectivity index (χ0) is 14.1. The van der Waals surface area contributed by atoms with Crippen LogP contribution in [0, 0.1) is 6.92 Å². The lowest BCUT2D eigenvalue weighted by atomic mass is 9.97. The van der Waals surface area contributed by atoms with Crippen molar-refractivity contribution in [3.8, 4) is 0 Å². The first kappa shape index (κ1) is 13.0. The van der Waals surface area contributed by atoms with Crippen molar-refractivity contribution in [1.82, 2.24) is 25.5 Å². The number of H-pyrrole nitrogens is 1. The Bertz CT molecular complexity index is 634. The summed E-state index contributed by atoms with van der Waals surface area (Å²) < 4.78 is 0. The van der Waals surface area contributed by atoms with Crippen LogP contribution in [0.25, 0.3) is 0 Å². The number of carbonyl (C=O) groups is 1. The summed E-state index contributed by atoms with van der Waals surface area (Å²) in [5.74, 6) is 1.20. The van der Waals surface area contributed by atoms with Crippen LogP contribution < -0.4 is 11.1 Å². The molecule has 20 heavy (non-hydrogen) atoms. The first-order valence-electron chi connectivity index (χ1n) is 6.51. The van der Waals surface area contributed by atoms with Gasteiger partial charge in [-0.3, -0.25) is 9.89 Å². The molecule has 0 spiro atoms. The van der Waals surface area contributed by atoms with Gasteiger partial charge in [-0.15, -0.1) is 11.3 Å². The fourth-order valence-electron chi connectivity index (χ4n) is 2.41. The third kappa shape index (κ3) is 2.79. The predicted octanol–water partition coefficient (Wildman–Crippen LogP) is 0.368. The summed E-state index contributed by atoms with van der Waals surface area (Å²) in [6, 6.07) is 0.148. The Kier molecular flexibility index (Phi) is 3.39. The van der Waals surface area contributed by atoms with E-state index in [-0.39, 0.29) is 18.4 Å². The summed E-state index contributed by atoms with van der Waals surface area (Å²) in [5.41, 5.74) is 6.80. The largest absolute Gasteiger partial charge is 0.375 e. The van der Waals surface area contributed by atoms with Gasteiger partial charge >= 0.3 is 0 Å². The summed E-state index contributed by atoms with van der Waals surface area (Å²) in [6.07, 6.45) is 2.78. The number of aryl methyl sites for hydroxylation is 2. The highest BCUT2D eigenvalue weighted by Gasteiger charge is 2.23. The van der Waals surface area contributed by atoms with Gasteiger partial charge in [-0.1, -0.05) is 0 Å². The molecule has 0 aromatic carbocycles. The number of thiazole rings is 1. The Morgan fingerprint density at radius 2 is 2.40 bits per heavy atom. The summed E-state index contributed by atoms with van der Waals surface area (Å²) in [7, 11) is 0. The SMILES string of the molecule is Cc1nc(CC(=O)N[C@H]2CCc3nc(N)sc3C2)n[nH]1. The van der Waals surface area contributed by atoms with E-state index in [1.807, 2.05) is 6.92 Å². The van der Waals surface area contributed by atoms with Crippen molar-refractivity contribution in [3.63, 3.8) is 0 Å². The number of nitrogen functional groups attached to an aromatic ring is 1. The van der Waals surface area contributed by atoms with E-state index >= 15 is 0 Å². The van der Waals surface area contributed by atoms with Crippen molar-refractivity contribution in [1.29, 1.82) is 0 Å². The molecule has 1 amide bonds. The Morgan fingerprint density at radius 1 is 1.55 bits per heavy atom. The Balaban J connectivity index is 1.57. The zero-order valence-electron chi connectivity index (χ0n) is 11.1. The number of carbonyl (C=O) groups excluding carboxylic acids is 1. The third-order valence-corrected chi connectivity index (χ3v) is 4.23. The van der Waals surface area contributed by atoms with Gasteiger partial charge in [0.25, 0.3) is 0 Å². The zero-order valence-corrected chi connectivity index (χ0v) is 12.0. The molecule has 2 aromatic rings. The first-order chi connectivity index (χ1) is 9.60. The molecule has 1 aliphatic rings. The number of anilines is 1. The second-order valence-corrected chi connectivity index (χ2v) is 6.06. The van der Waals surface area contributed by atoms with Gasteiger partial charge in [-0.2, -0.15) is 5.10 Å². The standard InChI is InChI=1S/C12H16N6OS/c1-6-14-10(18-17-6)5-11(19)15-7-2-3-8-9(4-7)20-12(13)16-8/h7H,2-5H2,1H3,(H2,13,16)(H,15,19)(H,14,17,18)/t7-/m0/s1. The molecule has 1 aliphatic carbocycles. The topological polar surface area (TPSA) is 110 Å². The Labute approximate surface area is 120 Å². The molecule has 2 aromatic heterocycles. The molecule has 0 saturated carbocycles. The second-order valence-electron chi connectivity index (χ2n) is 4.94. The number of fused-ring (bicyclic) bond motifs is 1. The van der Waals surface area contributed by atoms with Gasteiger partial charge in [0.2, 0.25) is 5.91 Å². The fraction of sp³-hybridized carbons (Fsp3) is 0.500. The molecular weight excluding hydrogens is 276 g/mol. The number of hydrogen-bond donors (Lipinski definition) is 3. The molecule has 0 bridgehead atoms. The van der Waals surface area contributed by atoms with E-state index < -0.39 is 0 Å². The number of rotatable bonds is 3. The lowest BCUT2D eigenvalue weighted by Crippen LogP contribution is -2.39. The molecule has 1 atom stereocenters. The van der Waals surface area contributed by atoms with Crippen molar-refractivity contribution in [2.24, 2.45) is 0 Å². The van der Waals surface area contributed by atoms with E-state index in [1.165, 1.54) is 16.2 Å². The van der Waals surface area contributed by atoms with Crippen LogP contribution in [0.1, 0.15) is 28.6 Å². The van der Waals surface area contributed by atoms with Crippen LogP contribution in [0.5, 0.6) is 0 Å². The van der Waals surface area contributed by atoms with Crippen LogP contribution in [0.15, 0.2) is 0 Å². The number of nitrogens with two attached hydrogens (primary N) is 1. The van der Waals surface area contributed by atoms with Gasteiger partial charge in [0, 0.05) is 17.3 Å². The van der Waals surface area contributed by atoms with Gasteiger partial charge in [0.1, 0.15) is 5.82 Å². The first-order valence-corrected chi connectivity index (χ1v) is 7.33. The van der Waals surface area contributed by atoms with Crippen LogP contribution in [0.2, 0.25) is 0 Å². The lowest BCUT2D eigenvalue weighted by Gasteiger charge is -2.22. The van der Waals surface area contributed by atoms with E-state index in [0.29, 0.717) is 11.0 Å². The molecule has 0 fully saturated rings. The number of hydrogen-bond acceptors (Lipinski definition) is 6. The van der Waals surface area contributed by atoms with Crippen LogP contribution in [-0.4, -0.2) is 32.1 Å². The van der Waals surface area contributed by atoms with Gasteiger partial charge in [-0.05, 0) is 19.8 Å². The molecule has 0 unspecified atom stereocenters. The fourth-order valence-corrected chi connectivity index (χ4v) is 3.37. The summed E-state index contributed by atoms with van der Waals surface area (Å²) >= 11 is 1.51. The smallest absolute Gasteiger partial charge is 0.227 e. The normalized spacial score (nSPS) is 17.8. The van der Waals surface area contributed by atoms with Crippen LogP contribution >= 0.6 is 11.3 Å².